The molecule has 0 radical (unpaired) electrons. The average Bonchev–Trinajstić information content (AvgIpc) is 2.75. The monoisotopic (exact) mass is 510 g/mol. The summed E-state index contributed by atoms with van der Waals surface area (Å²) in [5.41, 5.74) is 0. The van der Waals surface area contributed by atoms with Crippen molar-refractivity contribution in [1.82, 2.24) is 0 Å². The molecule has 0 saturated carbocycles. The summed E-state index contributed by atoms with van der Waals surface area (Å²) in [6, 6.07) is 0. The van der Waals surface area contributed by atoms with E-state index in [1.54, 1.807) is 30.4 Å². The Bertz CT molecular complexity index is 339. The molecule has 11 heteroatoms. The molecule has 0 aromatic rings. The molecule has 0 aromatic carbocycles. The van der Waals surface area contributed by atoms with Crippen LogP contribution in [-0.4, -0.2) is 111 Å². The van der Waals surface area contributed by atoms with Gasteiger partial charge in [0.2, 0.25) is 0 Å². The van der Waals surface area contributed by atoms with Gasteiger partial charge in [0.25, 0.3) is 0 Å². The van der Waals surface area contributed by atoms with Gasteiger partial charge in [-0.2, -0.15) is 0 Å². The molecule has 0 unspecified atom stereocenters. The molecule has 0 aliphatic heterocycles. The molecular formula is C19H42O7S4. The van der Waals surface area contributed by atoms with Crippen LogP contribution in [0.25, 0.3) is 0 Å². The van der Waals surface area contributed by atoms with Crippen molar-refractivity contribution in [3.8, 4) is 0 Å². The second kappa shape index (κ2) is 20.7. The predicted molar refractivity (Wildman–Crippen MR) is 134 cm³/mol. The van der Waals surface area contributed by atoms with Crippen molar-refractivity contribution in [3.63, 3.8) is 0 Å². The number of hydrogen-bond donors (Lipinski definition) is 7. The summed E-state index contributed by atoms with van der Waals surface area (Å²) in [5.74, 6) is 3.45. The molecule has 0 saturated heterocycles. The van der Waals surface area contributed by atoms with E-state index in [0.717, 1.165) is 23.0 Å². The summed E-state index contributed by atoms with van der Waals surface area (Å²) in [4.78, 5) is 0. The van der Waals surface area contributed by atoms with Gasteiger partial charge in [0, 0.05) is 0 Å². The third-order valence-corrected chi connectivity index (χ3v) is 9.37. The Morgan fingerprint density at radius 1 is 0.500 bits per heavy atom. The Labute approximate surface area is 198 Å². The van der Waals surface area contributed by atoms with Crippen LogP contribution in [0.5, 0.6) is 0 Å². The maximum atomic E-state index is 9.89. The SMILES string of the molecule is CCSC(SCC)[C@@H](O)[C@H](O)[C@H](O)CC.CCSC(SCC)[C@@H](O)[C@H](O)[C@H](O)CO. The van der Waals surface area contributed by atoms with Gasteiger partial charge < -0.3 is 35.7 Å². The van der Waals surface area contributed by atoms with E-state index in [1.165, 1.54) is 23.5 Å². The Morgan fingerprint density at radius 3 is 1.03 bits per heavy atom. The van der Waals surface area contributed by atoms with Gasteiger partial charge in [-0.25, -0.2) is 0 Å². The van der Waals surface area contributed by atoms with Gasteiger partial charge in [0.1, 0.15) is 30.5 Å². The van der Waals surface area contributed by atoms with E-state index in [4.69, 9.17) is 5.11 Å². The van der Waals surface area contributed by atoms with Gasteiger partial charge in [-0.15, -0.1) is 47.0 Å². The first-order chi connectivity index (χ1) is 14.2. The summed E-state index contributed by atoms with van der Waals surface area (Å²) in [6.07, 6.45) is -5.89. The fraction of sp³-hybridized carbons (Fsp3) is 1.00. The zero-order valence-corrected chi connectivity index (χ0v) is 21.9. The summed E-state index contributed by atoms with van der Waals surface area (Å²) in [6.45, 7) is 9.21. The molecule has 184 valence electrons. The minimum Gasteiger partial charge on any atom is -0.394 e. The molecule has 30 heavy (non-hydrogen) atoms. The van der Waals surface area contributed by atoms with Crippen molar-refractivity contribution < 1.29 is 35.7 Å². The van der Waals surface area contributed by atoms with E-state index in [1.807, 2.05) is 27.7 Å². The number of aliphatic hydroxyl groups excluding tert-OH is 7. The third kappa shape index (κ3) is 13.6. The highest BCUT2D eigenvalue weighted by Gasteiger charge is 2.31. The minimum absolute atomic E-state index is 0.0591. The Balaban J connectivity index is 0. The summed E-state index contributed by atoms with van der Waals surface area (Å²) >= 11 is 6.27. The third-order valence-electron chi connectivity index (χ3n) is 3.98. The molecule has 0 aliphatic rings. The van der Waals surface area contributed by atoms with Crippen molar-refractivity contribution in [2.24, 2.45) is 0 Å². The standard InChI is InChI=1S/C10H22O3S2.C9H20O4S2/c1-4-7(11)8(12)9(13)10(14-5-2)15-6-3;1-3-14-9(15-4-2)8(13)7(12)6(11)5-10/h7-13H,4-6H2,1-3H3;6-13H,3-5H2,1-2H3/t7-,8-,9+;6-,7-,8+/m11/s1. The summed E-state index contributed by atoms with van der Waals surface area (Å²) in [7, 11) is 0. The van der Waals surface area contributed by atoms with E-state index in [2.05, 4.69) is 0 Å². The van der Waals surface area contributed by atoms with E-state index in [0.29, 0.717) is 6.42 Å². The van der Waals surface area contributed by atoms with Crippen LogP contribution in [0.3, 0.4) is 0 Å². The van der Waals surface area contributed by atoms with Gasteiger partial charge in [-0.1, -0.05) is 34.6 Å². The molecule has 0 fully saturated rings. The lowest BCUT2D eigenvalue weighted by Gasteiger charge is -2.28. The van der Waals surface area contributed by atoms with Crippen LogP contribution in [0.1, 0.15) is 41.0 Å². The van der Waals surface area contributed by atoms with Crippen molar-refractivity contribution in [2.75, 3.05) is 29.6 Å². The van der Waals surface area contributed by atoms with Crippen molar-refractivity contribution >= 4 is 47.0 Å². The number of rotatable bonds is 16. The molecule has 0 rings (SSSR count). The zero-order valence-electron chi connectivity index (χ0n) is 18.6. The minimum atomic E-state index is -1.29. The van der Waals surface area contributed by atoms with Gasteiger partial charge in [-0.3, -0.25) is 0 Å². The Hall–Kier alpha value is 1.12. The highest BCUT2D eigenvalue weighted by Crippen LogP contribution is 2.29. The Kier molecular flexibility index (Phi) is 23.0. The normalized spacial score (nSPS) is 17.8. The van der Waals surface area contributed by atoms with Crippen LogP contribution >= 0.6 is 47.0 Å². The van der Waals surface area contributed by atoms with Crippen molar-refractivity contribution in [2.45, 2.75) is 86.8 Å². The van der Waals surface area contributed by atoms with Crippen LogP contribution in [0.15, 0.2) is 0 Å². The van der Waals surface area contributed by atoms with Crippen molar-refractivity contribution in [1.29, 1.82) is 0 Å². The van der Waals surface area contributed by atoms with Gasteiger partial charge in [0.15, 0.2) is 0 Å². The first-order valence-corrected chi connectivity index (χ1v) is 14.5. The number of thioether (sulfide) groups is 4. The highest BCUT2D eigenvalue weighted by molar-refractivity contribution is 8.17. The molecule has 0 amide bonds. The topological polar surface area (TPSA) is 142 Å². The fourth-order valence-corrected chi connectivity index (χ4v) is 7.42. The second-order valence-corrected chi connectivity index (χ2v) is 12.5. The molecular weight excluding hydrogens is 468 g/mol. The largest absolute Gasteiger partial charge is 0.394 e. The van der Waals surface area contributed by atoms with Gasteiger partial charge >= 0.3 is 0 Å². The average molecular weight is 511 g/mol. The highest BCUT2D eigenvalue weighted by atomic mass is 32.2. The lowest BCUT2D eigenvalue weighted by atomic mass is 10.1. The smallest absolute Gasteiger partial charge is 0.110 e. The molecule has 0 spiro atoms. The molecule has 0 aromatic heterocycles. The van der Waals surface area contributed by atoms with Crippen LogP contribution in [-0.2, 0) is 0 Å². The molecule has 7 nitrogen and oxygen atoms in total. The van der Waals surface area contributed by atoms with Gasteiger partial charge in [-0.05, 0) is 29.4 Å². The fourth-order valence-electron chi connectivity index (χ4n) is 2.27. The lowest BCUT2D eigenvalue weighted by molar-refractivity contribution is -0.0706. The molecule has 0 heterocycles. The van der Waals surface area contributed by atoms with Gasteiger partial charge in [0.05, 0.1) is 21.9 Å². The predicted octanol–water partition coefficient (Wildman–Crippen LogP) is 1.21. The molecule has 7 N–H and O–H groups in total. The number of hydrogen-bond acceptors (Lipinski definition) is 11. The molecule has 0 aliphatic carbocycles. The lowest BCUT2D eigenvalue weighted by Crippen LogP contribution is -2.44. The Morgan fingerprint density at radius 2 is 0.800 bits per heavy atom. The quantitative estimate of drug-likeness (QED) is 0.151. The van der Waals surface area contributed by atoms with Crippen LogP contribution in [0.4, 0.5) is 0 Å². The van der Waals surface area contributed by atoms with E-state index < -0.39 is 43.2 Å². The van der Waals surface area contributed by atoms with Crippen LogP contribution in [0, 0.1) is 0 Å². The zero-order chi connectivity index (χ0) is 23.7. The molecule has 6 atom stereocenters. The first-order valence-electron chi connectivity index (χ1n) is 10.3. The maximum absolute atomic E-state index is 9.89. The molecule has 0 bridgehead atoms. The first kappa shape index (κ1) is 33.3. The van der Waals surface area contributed by atoms with E-state index >= 15 is 0 Å². The van der Waals surface area contributed by atoms with Crippen molar-refractivity contribution in [3.05, 3.63) is 0 Å². The summed E-state index contributed by atoms with van der Waals surface area (Å²) in [5, 5.41) is 66.2. The maximum Gasteiger partial charge on any atom is 0.110 e. The van der Waals surface area contributed by atoms with Crippen LogP contribution in [0.2, 0.25) is 0 Å². The summed E-state index contributed by atoms with van der Waals surface area (Å²) < 4.78 is -0.229. The van der Waals surface area contributed by atoms with E-state index in [-0.39, 0.29) is 9.16 Å². The van der Waals surface area contributed by atoms with E-state index in [9.17, 15) is 30.6 Å². The second-order valence-electron chi connectivity index (χ2n) is 6.25. The number of aliphatic hydroxyl groups is 7. The van der Waals surface area contributed by atoms with Crippen LogP contribution < -0.4 is 0 Å².